The zero-order chi connectivity index (χ0) is 14.0. The third kappa shape index (κ3) is 2.39. The quantitative estimate of drug-likeness (QED) is 0.818. The van der Waals surface area contributed by atoms with E-state index in [2.05, 4.69) is 12.2 Å². The second-order valence-corrected chi connectivity index (χ2v) is 6.22. The molecule has 1 spiro atoms. The number of benzene rings is 1. The van der Waals surface area contributed by atoms with E-state index in [-0.39, 0.29) is 0 Å². The average Bonchev–Trinajstić information content (AvgIpc) is 2.49. The summed E-state index contributed by atoms with van der Waals surface area (Å²) in [6.07, 6.45) is 8.14. The Kier molecular flexibility index (Phi) is 3.88. The molecule has 0 heterocycles. The summed E-state index contributed by atoms with van der Waals surface area (Å²) in [6, 6.07) is 7.92. The molecule has 0 aliphatic heterocycles. The number of nitrogens with one attached hydrogen (secondary N) is 1. The van der Waals surface area contributed by atoms with Crippen LogP contribution in [0.25, 0.3) is 0 Å². The minimum atomic E-state index is 0.323. The van der Waals surface area contributed by atoms with Crippen molar-refractivity contribution in [1.82, 2.24) is 0 Å². The van der Waals surface area contributed by atoms with Crippen LogP contribution in [0.15, 0.2) is 24.3 Å². The first-order valence-corrected chi connectivity index (χ1v) is 7.92. The topological polar surface area (TPSA) is 41.5 Å². The fourth-order valence-electron chi connectivity index (χ4n) is 4.02. The molecule has 3 nitrogen and oxygen atoms in total. The Labute approximate surface area is 121 Å². The maximum absolute atomic E-state index is 9.37. The zero-order valence-corrected chi connectivity index (χ0v) is 12.3. The summed E-state index contributed by atoms with van der Waals surface area (Å²) in [4.78, 5) is 0. The van der Waals surface area contributed by atoms with Gasteiger partial charge in [-0.05, 0) is 50.5 Å². The van der Waals surface area contributed by atoms with Crippen LogP contribution in [0.2, 0.25) is 0 Å². The van der Waals surface area contributed by atoms with Gasteiger partial charge >= 0.3 is 0 Å². The van der Waals surface area contributed by atoms with E-state index in [1.54, 1.807) is 12.1 Å². The van der Waals surface area contributed by atoms with Crippen LogP contribution in [0.3, 0.4) is 0 Å². The molecule has 2 aliphatic carbocycles. The highest BCUT2D eigenvalue weighted by Crippen LogP contribution is 2.54. The number of anilines is 1. The van der Waals surface area contributed by atoms with Crippen molar-refractivity contribution in [2.75, 3.05) is 11.9 Å². The predicted octanol–water partition coefficient (Wildman–Crippen LogP) is 3.93. The van der Waals surface area contributed by atoms with Gasteiger partial charge in [-0.15, -0.1) is 0 Å². The first-order chi connectivity index (χ1) is 9.74. The summed E-state index contributed by atoms with van der Waals surface area (Å²) in [5, 5.41) is 13.0. The first-order valence-electron chi connectivity index (χ1n) is 7.92. The number of aromatic hydroxyl groups is 1. The highest BCUT2D eigenvalue weighted by molar-refractivity contribution is 5.48. The van der Waals surface area contributed by atoms with Gasteiger partial charge in [0.25, 0.3) is 0 Å². The average molecular weight is 275 g/mol. The van der Waals surface area contributed by atoms with Gasteiger partial charge in [-0.3, -0.25) is 0 Å². The van der Waals surface area contributed by atoms with Crippen LogP contribution in [-0.2, 0) is 4.74 Å². The Bertz CT molecular complexity index is 437. The van der Waals surface area contributed by atoms with Crippen LogP contribution in [0, 0.1) is 5.41 Å². The third-order valence-corrected chi connectivity index (χ3v) is 5.15. The van der Waals surface area contributed by atoms with Crippen LogP contribution in [0.1, 0.15) is 45.4 Å². The SMILES string of the molecule is CCOC1CC(Nc2ccc(O)cc2)C12CCCCC2. The number of phenols is 1. The van der Waals surface area contributed by atoms with Gasteiger partial charge in [-0.25, -0.2) is 0 Å². The molecule has 3 heteroatoms. The molecule has 3 rings (SSSR count). The molecule has 2 atom stereocenters. The van der Waals surface area contributed by atoms with Crippen LogP contribution in [-0.4, -0.2) is 23.9 Å². The zero-order valence-electron chi connectivity index (χ0n) is 12.3. The van der Waals surface area contributed by atoms with Crippen molar-refractivity contribution in [2.24, 2.45) is 5.41 Å². The van der Waals surface area contributed by atoms with Gasteiger partial charge in [0.15, 0.2) is 0 Å². The summed E-state index contributed by atoms with van der Waals surface area (Å²) in [5.74, 6) is 0.323. The van der Waals surface area contributed by atoms with E-state index in [0.717, 1.165) is 18.7 Å². The number of phenolic OH excluding ortho intramolecular Hbond substituents is 1. The Balaban J connectivity index is 1.71. The molecule has 2 N–H and O–H groups in total. The van der Waals surface area contributed by atoms with Crippen molar-refractivity contribution in [3.63, 3.8) is 0 Å². The van der Waals surface area contributed by atoms with E-state index in [4.69, 9.17) is 4.74 Å². The molecule has 110 valence electrons. The number of hydrogen-bond acceptors (Lipinski definition) is 3. The van der Waals surface area contributed by atoms with Crippen molar-refractivity contribution in [3.8, 4) is 5.75 Å². The molecule has 0 saturated heterocycles. The Hall–Kier alpha value is -1.22. The maximum Gasteiger partial charge on any atom is 0.115 e. The van der Waals surface area contributed by atoms with E-state index in [1.165, 1.54) is 32.1 Å². The van der Waals surface area contributed by atoms with Crippen LogP contribution in [0.5, 0.6) is 5.75 Å². The highest BCUT2D eigenvalue weighted by Gasteiger charge is 2.55. The molecule has 2 fully saturated rings. The molecule has 0 radical (unpaired) electrons. The van der Waals surface area contributed by atoms with Gasteiger partial charge in [0, 0.05) is 23.8 Å². The lowest BCUT2D eigenvalue weighted by molar-refractivity contribution is -0.134. The van der Waals surface area contributed by atoms with Gasteiger partial charge in [0.05, 0.1) is 6.10 Å². The fraction of sp³-hybridized carbons (Fsp3) is 0.647. The van der Waals surface area contributed by atoms with Crippen LogP contribution in [0.4, 0.5) is 5.69 Å². The largest absolute Gasteiger partial charge is 0.508 e. The molecule has 0 aromatic heterocycles. The second-order valence-electron chi connectivity index (χ2n) is 6.22. The first kappa shape index (κ1) is 13.7. The second kappa shape index (κ2) is 5.65. The van der Waals surface area contributed by atoms with Crippen LogP contribution >= 0.6 is 0 Å². The standard InChI is InChI=1S/C17H25NO2/c1-2-20-16-12-15(17(16)10-4-3-5-11-17)18-13-6-8-14(19)9-7-13/h6-9,15-16,18-19H,2-5,10-12H2,1H3. The number of rotatable bonds is 4. The molecule has 2 saturated carbocycles. The molecule has 2 aliphatic rings. The predicted molar refractivity (Wildman–Crippen MR) is 81.1 cm³/mol. The monoisotopic (exact) mass is 275 g/mol. The van der Waals surface area contributed by atoms with Crippen molar-refractivity contribution in [1.29, 1.82) is 0 Å². The lowest BCUT2D eigenvalue weighted by Gasteiger charge is -2.58. The van der Waals surface area contributed by atoms with Gasteiger partial charge in [-0.2, -0.15) is 0 Å². The van der Waals surface area contributed by atoms with Gasteiger partial charge in [-0.1, -0.05) is 19.3 Å². The van der Waals surface area contributed by atoms with E-state index in [0.29, 0.717) is 23.3 Å². The molecule has 0 amide bonds. The van der Waals surface area contributed by atoms with Crippen LogP contribution < -0.4 is 5.32 Å². The summed E-state index contributed by atoms with van der Waals surface area (Å²) in [6.45, 7) is 2.91. The van der Waals surface area contributed by atoms with E-state index >= 15 is 0 Å². The summed E-state index contributed by atoms with van der Waals surface area (Å²) in [5.41, 5.74) is 1.44. The lowest BCUT2D eigenvalue weighted by Crippen LogP contribution is -2.62. The van der Waals surface area contributed by atoms with Crippen molar-refractivity contribution >= 4 is 5.69 Å². The maximum atomic E-state index is 9.37. The van der Waals surface area contributed by atoms with Crippen molar-refractivity contribution in [3.05, 3.63) is 24.3 Å². The summed E-state index contributed by atoms with van der Waals surface area (Å²) < 4.78 is 5.98. The molecule has 2 unspecified atom stereocenters. The van der Waals surface area contributed by atoms with E-state index < -0.39 is 0 Å². The molecule has 0 bridgehead atoms. The molecule has 1 aromatic rings. The third-order valence-electron chi connectivity index (χ3n) is 5.15. The van der Waals surface area contributed by atoms with Gasteiger partial charge in [0.1, 0.15) is 5.75 Å². The minimum Gasteiger partial charge on any atom is -0.508 e. The van der Waals surface area contributed by atoms with E-state index in [9.17, 15) is 5.11 Å². The fourth-order valence-corrected chi connectivity index (χ4v) is 4.02. The Morgan fingerprint density at radius 3 is 2.55 bits per heavy atom. The molecule has 1 aromatic carbocycles. The molecular formula is C17H25NO2. The summed E-state index contributed by atoms with van der Waals surface area (Å²) >= 11 is 0. The summed E-state index contributed by atoms with van der Waals surface area (Å²) in [7, 11) is 0. The highest BCUT2D eigenvalue weighted by atomic mass is 16.5. The number of hydrogen-bond donors (Lipinski definition) is 2. The lowest BCUT2D eigenvalue weighted by atomic mass is 9.55. The Morgan fingerprint density at radius 2 is 1.90 bits per heavy atom. The molecular weight excluding hydrogens is 250 g/mol. The normalized spacial score (nSPS) is 28.1. The van der Waals surface area contributed by atoms with E-state index in [1.807, 2.05) is 12.1 Å². The van der Waals surface area contributed by atoms with Crippen molar-refractivity contribution in [2.45, 2.75) is 57.6 Å². The van der Waals surface area contributed by atoms with Crippen molar-refractivity contribution < 1.29 is 9.84 Å². The number of ether oxygens (including phenoxy) is 1. The Morgan fingerprint density at radius 1 is 1.20 bits per heavy atom. The molecule has 20 heavy (non-hydrogen) atoms. The smallest absolute Gasteiger partial charge is 0.115 e. The van der Waals surface area contributed by atoms with Gasteiger partial charge < -0.3 is 15.2 Å². The van der Waals surface area contributed by atoms with Gasteiger partial charge in [0.2, 0.25) is 0 Å². The minimum absolute atomic E-state index is 0.323.